The normalized spacial score (nSPS) is 14.1. The molecule has 0 fully saturated rings. The van der Waals surface area contributed by atoms with E-state index < -0.39 is 5.41 Å². The minimum atomic E-state index is -0.641. The van der Waals surface area contributed by atoms with E-state index in [-0.39, 0.29) is 6.04 Å². The summed E-state index contributed by atoms with van der Waals surface area (Å²) in [5, 5.41) is 13.2. The predicted octanol–water partition coefficient (Wildman–Crippen LogP) is 16.9. The number of nitrogens with one attached hydrogen (secondary N) is 3. The molecule has 67 heavy (non-hydrogen) atoms. The summed E-state index contributed by atoms with van der Waals surface area (Å²) in [6.07, 6.45) is 8.41. The van der Waals surface area contributed by atoms with E-state index in [2.05, 4.69) is 266 Å². The average Bonchev–Trinajstić information content (AvgIpc) is 3.70. The zero-order valence-electron chi connectivity index (χ0n) is 37.7. The zero-order chi connectivity index (χ0) is 46.0. The van der Waals surface area contributed by atoms with Gasteiger partial charge in [-0.25, -0.2) is 0 Å². The van der Waals surface area contributed by atoms with Gasteiger partial charge in [-0.2, -0.15) is 0 Å². The van der Waals surface area contributed by atoms with Gasteiger partial charge in [0.2, 0.25) is 0 Å². The fourth-order valence-electron chi connectivity index (χ4n) is 9.61. The predicted molar refractivity (Wildman–Crippen MR) is 286 cm³/mol. The molecule has 1 aliphatic carbocycles. The van der Waals surface area contributed by atoms with Crippen LogP contribution in [0.15, 0.2) is 267 Å². The molecule has 9 aromatic rings. The van der Waals surface area contributed by atoms with Crippen LogP contribution in [0.5, 0.6) is 0 Å². The lowest BCUT2D eigenvalue weighted by atomic mass is 9.67. The number of anilines is 3. The van der Waals surface area contributed by atoms with Gasteiger partial charge in [-0.15, -0.1) is 0 Å². The van der Waals surface area contributed by atoms with Crippen LogP contribution in [0.4, 0.5) is 17.1 Å². The van der Waals surface area contributed by atoms with E-state index in [0.717, 1.165) is 44.9 Å². The lowest BCUT2D eigenvalue weighted by Gasteiger charge is -2.36. The van der Waals surface area contributed by atoms with Gasteiger partial charge in [0.05, 0.1) is 11.5 Å². The Hall–Kier alpha value is -8.53. The van der Waals surface area contributed by atoms with Crippen LogP contribution in [0.25, 0.3) is 44.5 Å². The first kappa shape index (κ1) is 43.7. The number of hydrogen-bond acceptors (Lipinski definition) is 3. The van der Waals surface area contributed by atoms with E-state index in [9.17, 15) is 0 Å². The molecule has 324 valence electrons. The maximum absolute atomic E-state index is 5.50. The summed E-state index contributed by atoms with van der Waals surface area (Å²) in [5.74, 6) is 0. The Balaban J connectivity index is 0.00000278. The van der Waals surface area contributed by atoms with E-state index in [1.54, 1.807) is 0 Å². The minimum absolute atomic E-state index is 0.0280. The SMILES string of the molecule is C=C(/C=C\C=C/C)C1(c2ccccc2Nc2ccccc2)c2ccccc2-c2cc(-c3cccc(-c4cccc(NC(c5ccccc5)c5ccc(-c6ccccc6)cc5)c4)c3)ccc21.C=N. The molecule has 10 rings (SSSR count). The Morgan fingerprint density at radius 3 is 1.67 bits per heavy atom. The second-order valence-corrected chi connectivity index (χ2v) is 16.6. The maximum Gasteiger partial charge on any atom is 0.0767 e. The van der Waals surface area contributed by atoms with E-state index >= 15 is 0 Å². The molecule has 0 radical (unpaired) electrons. The first-order valence-corrected chi connectivity index (χ1v) is 22.8. The summed E-state index contributed by atoms with van der Waals surface area (Å²) in [7, 11) is 0. The standard InChI is InChI=1S/C63H50N2.CH3N/c1-3-4-8-21-45(2)63(60-34-17-18-35-61(60)64-54-29-13-7-14-30-54)58-33-16-15-32-56(58)57-44-53(40-41-59(57)63)51-27-19-26-50(42-51)52-28-20-31-55(43-52)65-62(48-24-11-6-12-25-48)49-38-36-47(37-39-49)46-22-9-5-10-23-46;1-2/h3-44,62,64-65H,2H2,1H3;2H,1H2/b4-3-,21-8-;. The average molecular weight is 864 g/mol. The van der Waals surface area contributed by atoms with Crippen molar-refractivity contribution < 1.29 is 0 Å². The molecule has 0 aliphatic heterocycles. The van der Waals surface area contributed by atoms with E-state index in [0.29, 0.717) is 0 Å². The second kappa shape index (κ2) is 20.1. The molecule has 2 unspecified atom stereocenters. The van der Waals surface area contributed by atoms with Crippen LogP contribution in [0.3, 0.4) is 0 Å². The third kappa shape index (κ3) is 8.84. The van der Waals surface area contributed by atoms with E-state index in [4.69, 9.17) is 12.0 Å². The highest BCUT2D eigenvalue weighted by atomic mass is 14.9. The lowest BCUT2D eigenvalue weighted by molar-refractivity contribution is 0.772. The van der Waals surface area contributed by atoms with Crippen LogP contribution in [-0.4, -0.2) is 6.72 Å². The van der Waals surface area contributed by atoms with Crippen LogP contribution in [0.2, 0.25) is 0 Å². The Labute approximate surface area is 395 Å². The van der Waals surface area contributed by atoms with E-state index in [1.165, 1.54) is 50.1 Å². The Morgan fingerprint density at radius 2 is 0.955 bits per heavy atom. The largest absolute Gasteiger partial charge is 0.374 e. The van der Waals surface area contributed by atoms with Gasteiger partial charge >= 0.3 is 0 Å². The molecule has 9 aromatic carbocycles. The van der Waals surface area contributed by atoms with Gasteiger partial charge in [-0.05, 0) is 134 Å². The zero-order valence-corrected chi connectivity index (χ0v) is 37.7. The summed E-state index contributed by atoms with van der Waals surface area (Å²) in [4.78, 5) is 0. The first-order chi connectivity index (χ1) is 33.1. The van der Waals surface area contributed by atoms with Gasteiger partial charge in [0.25, 0.3) is 0 Å². The number of rotatable bonds is 13. The number of allylic oxidation sites excluding steroid dienone is 5. The van der Waals surface area contributed by atoms with Gasteiger partial charge < -0.3 is 16.0 Å². The number of hydrogen-bond donors (Lipinski definition) is 3. The topological polar surface area (TPSA) is 47.9 Å². The molecule has 3 nitrogen and oxygen atoms in total. The molecule has 0 heterocycles. The number of fused-ring (bicyclic) bond motifs is 3. The van der Waals surface area contributed by atoms with Gasteiger partial charge in [-0.1, -0.05) is 219 Å². The summed E-state index contributed by atoms with van der Waals surface area (Å²) in [6.45, 7) is 9.39. The van der Waals surface area contributed by atoms with Gasteiger partial charge in [0.15, 0.2) is 0 Å². The molecule has 2 atom stereocenters. The number of benzene rings is 9. The molecule has 0 aromatic heterocycles. The highest BCUT2D eigenvalue weighted by molar-refractivity contribution is 5.91. The second-order valence-electron chi connectivity index (χ2n) is 16.6. The van der Waals surface area contributed by atoms with Crippen LogP contribution >= 0.6 is 0 Å². The number of para-hydroxylation sites is 2. The van der Waals surface area contributed by atoms with Crippen LogP contribution in [0, 0.1) is 5.41 Å². The van der Waals surface area contributed by atoms with Crippen molar-refractivity contribution in [2.75, 3.05) is 10.6 Å². The minimum Gasteiger partial charge on any atom is -0.374 e. The third-order valence-electron chi connectivity index (χ3n) is 12.7. The van der Waals surface area contributed by atoms with Crippen molar-refractivity contribution in [3.63, 3.8) is 0 Å². The van der Waals surface area contributed by atoms with Crippen molar-refractivity contribution in [3.8, 4) is 44.5 Å². The quantitative estimate of drug-likeness (QED) is 0.0799. The molecule has 3 heteroatoms. The molecule has 0 amide bonds. The summed E-state index contributed by atoms with van der Waals surface area (Å²) in [6, 6.07) is 82.9. The molecule has 1 aliphatic rings. The lowest BCUT2D eigenvalue weighted by Crippen LogP contribution is -2.29. The van der Waals surface area contributed by atoms with Crippen molar-refractivity contribution in [2.45, 2.75) is 18.4 Å². The maximum atomic E-state index is 5.50. The Kier molecular flexibility index (Phi) is 13.1. The molecular weight excluding hydrogens is 811 g/mol. The monoisotopic (exact) mass is 863 g/mol. The smallest absolute Gasteiger partial charge is 0.0767 e. The first-order valence-electron chi connectivity index (χ1n) is 22.8. The molecule has 0 saturated heterocycles. The van der Waals surface area contributed by atoms with Crippen LogP contribution < -0.4 is 10.6 Å². The van der Waals surface area contributed by atoms with Gasteiger partial charge in [0, 0.05) is 17.1 Å². The highest BCUT2D eigenvalue weighted by Crippen LogP contribution is 2.58. The molecular formula is C64H53N3. The van der Waals surface area contributed by atoms with Gasteiger partial charge in [0.1, 0.15) is 0 Å². The summed E-state index contributed by atoms with van der Waals surface area (Å²) >= 11 is 0. The van der Waals surface area contributed by atoms with Crippen molar-refractivity contribution in [2.24, 2.45) is 0 Å². The fourth-order valence-corrected chi connectivity index (χ4v) is 9.61. The third-order valence-corrected chi connectivity index (χ3v) is 12.7. The van der Waals surface area contributed by atoms with Gasteiger partial charge in [-0.3, -0.25) is 0 Å². The van der Waals surface area contributed by atoms with E-state index in [1.807, 2.05) is 13.0 Å². The molecule has 0 bridgehead atoms. The Bertz CT molecular complexity index is 3190. The van der Waals surface area contributed by atoms with Crippen LogP contribution in [0.1, 0.15) is 40.8 Å². The molecule has 0 saturated carbocycles. The van der Waals surface area contributed by atoms with Crippen molar-refractivity contribution in [1.82, 2.24) is 0 Å². The van der Waals surface area contributed by atoms with Crippen molar-refractivity contribution in [1.29, 1.82) is 5.41 Å². The summed E-state index contributed by atoms with van der Waals surface area (Å²) < 4.78 is 0. The highest BCUT2D eigenvalue weighted by Gasteiger charge is 2.47. The fraction of sp³-hybridized carbons (Fsp3) is 0.0469. The van der Waals surface area contributed by atoms with Crippen molar-refractivity contribution in [3.05, 3.63) is 295 Å². The Morgan fingerprint density at radius 1 is 0.448 bits per heavy atom. The van der Waals surface area contributed by atoms with Crippen LogP contribution in [-0.2, 0) is 5.41 Å². The van der Waals surface area contributed by atoms with Crippen molar-refractivity contribution >= 4 is 23.8 Å². The molecule has 3 N–H and O–H groups in total. The molecule has 0 spiro atoms. The summed E-state index contributed by atoms with van der Waals surface area (Å²) in [5.41, 5.74) is 19.0.